The lowest BCUT2D eigenvalue weighted by molar-refractivity contribution is -0.116. The summed E-state index contributed by atoms with van der Waals surface area (Å²) in [6.07, 6.45) is 1.68. The third kappa shape index (κ3) is 4.25. The van der Waals surface area contributed by atoms with Crippen molar-refractivity contribution < 1.29 is 9.90 Å². The van der Waals surface area contributed by atoms with E-state index in [0.29, 0.717) is 30.5 Å². The standard InChI is InChI=1S/C13H16N2O2/c1-10-5-6-11(9-14)8-12(10)15-13(17)4-2-3-7-16/h5-6,8,16H,2-4,7H2,1H3,(H,15,17). The van der Waals surface area contributed by atoms with Crippen LogP contribution in [0.3, 0.4) is 0 Å². The maximum absolute atomic E-state index is 11.6. The maximum atomic E-state index is 11.6. The Kier molecular flexibility index (Phi) is 5.18. The van der Waals surface area contributed by atoms with E-state index in [1.165, 1.54) is 0 Å². The summed E-state index contributed by atoms with van der Waals surface area (Å²) in [5.41, 5.74) is 2.14. The van der Waals surface area contributed by atoms with Crippen LogP contribution < -0.4 is 5.32 Å². The second-order valence-corrected chi connectivity index (χ2v) is 3.87. The van der Waals surface area contributed by atoms with Crippen molar-refractivity contribution in [2.75, 3.05) is 11.9 Å². The fourth-order valence-electron chi connectivity index (χ4n) is 1.44. The Balaban J connectivity index is 2.61. The van der Waals surface area contributed by atoms with Crippen LogP contribution in [0.15, 0.2) is 18.2 Å². The first-order chi connectivity index (χ1) is 8.17. The number of hydrogen-bond donors (Lipinski definition) is 2. The zero-order valence-corrected chi connectivity index (χ0v) is 9.86. The number of carbonyl (C=O) groups is 1. The van der Waals surface area contributed by atoms with Crippen LogP contribution in [0.2, 0.25) is 0 Å². The van der Waals surface area contributed by atoms with E-state index in [1.807, 2.05) is 19.1 Å². The number of aliphatic hydroxyl groups is 1. The van der Waals surface area contributed by atoms with E-state index in [4.69, 9.17) is 10.4 Å². The molecule has 0 aliphatic heterocycles. The van der Waals surface area contributed by atoms with Gasteiger partial charge in [-0.25, -0.2) is 0 Å². The zero-order valence-electron chi connectivity index (χ0n) is 9.86. The molecule has 0 bridgehead atoms. The maximum Gasteiger partial charge on any atom is 0.224 e. The van der Waals surface area contributed by atoms with Crippen LogP contribution in [-0.2, 0) is 4.79 Å². The van der Waals surface area contributed by atoms with E-state index in [0.717, 1.165) is 5.56 Å². The highest BCUT2D eigenvalue weighted by Crippen LogP contribution is 2.16. The molecule has 0 aliphatic carbocycles. The van der Waals surface area contributed by atoms with Gasteiger partial charge < -0.3 is 10.4 Å². The summed E-state index contributed by atoms with van der Waals surface area (Å²) in [5.74, 6) is -0.0864. The number of nitriles is 1. The first-order valence-electron chi connectivity index (χ1n) is 5.59. The Morgan fingerprint density at radius 1 is 1.47 bits per heavy atom. The van der Waals surface area contributed by atoms with Gasteiger partial charge in [0, 0.05) is 18.7 Å². The Labute approximate surface area is 101 Å². The quantitative estimate of drug-likeness (QED) is 0.762. The van der Waals surface area contributed by atoms with E-state index in [2.05, 4.69) is 5.32 Å². The molecular formula is C13H16N2O2. The zero-order chi connectivity index (χ0) is 12.7. The molecule has 0 heterocycles. The molecule has 4 heteroatoms. The van der Waals surface area contributed by atoms with Crippen molar-refractivity contribution in [3.8, 4) is 6.07 Å². The van der Waals surface area contributed by atoms with Crippen LogP contribution in [-0.4, -0.2) is 17.6 Å². The predicted octanol–water partition coefficient (Wildman–Crippen LogP) is 1.97. The summed E-state index contributed by atoms with van der Waals surface area (Å²) in [4.78, 5) is 11.6. The first-order valence-corrected chi connectivity index (χ1v) is 5.59. The third-order valence-corrected chi connectivity index (χ3v) is 2.45. The highest BCUT2D eigenvalue weighted by molar-refractivity contribution is 5.91. The molecule has 0 unspecified atom stereocenters. The molecule has 0 radical (unpaired) electrons. The molecule has 2 N–H and O–H groups in total. The van der Waals surface area contributed by atoms with Crippen molar-refractivity contribution >= 4 is 11.6 Å². The Morgan fingerprint density at radius 3 is 2.88 bits per heavy atom. The van der Waals surface area contributed by atoms with Gasteiger partial charge in [-0.2, -0.15) is 5.26 Å². The van der Waals surface area contributed by atoms with Gasteiger partial charge in [0.1, 0.15) is 0 Å². The highest BCUT2D eigenvalue weighted by Gasteiger charge is 2.05. The molecule has 0 saturated heterocycles. The molecule has 0 atom stereocenters. The van der Waals surface area contributed by atoms with Crippen molar-refractivity contribution in [1.29, 1.82) is 5.26 Å². The normalized spacial score (nSPS) is 9.71. The Bertz CT molecular complexity index is 436. The molecule has 0 saturated carbocycles. The number of rotatable bonds is 5. The number of unbranched alkanes of at least 4 members (excludes halogenated alkanes) is 1. The third-order valence-electron chi connectivity index (χ3n) is 2.45. The number of benzene rings is 1. The Hall–Kier alpha value is -1.86. The minimum atomic E-state index is -0.0864. The number of aliphatic hydroxyl groups excluding tert-OH is 1. The van der Waals surface area contributed by atoms with Crippen LogP contribution >= 0.6 is 0 Å². The van der Waals surface area contributed by atoms with Gasteiger partial charge >= 0.3 is 0 Å². The largest absolute Gasteiger partial charge is 0.396 e. The molecule has 0 aliphatic rings. The molecule has 0 aromatic heterocycles. The van der Waals surface area contributed by atoms with E-state index in [1.54, 1.807) is 12.1 Å². The summed E-state index contributed by atoms with van der Waals surface area (Å²) in [5, 5.41) is 20.2. The molecule has 1 aromatic rings. The van der Waals surface area contributed by atoms with Gasteiger partial charge in [-0.1, -0.05) is 6.07 Å². The SMILES string of the molecule is Cc1ccc(C#N)cc1NC(=O)CCCCO. The van der Waals surface area contributed by atoms with Gasteiger partial charge in [-0.05, 0) is 37.5 Å². The molecule has 1 amide bonds. The number of nitrogens with zero attached hydrogens (tertiary/aromatic N) is 1. The lowest BCUT2D eigenvalue weighted by Crippen LogP contribution is -2.12. The van der Waals surface area contributed by atoms with Gasteiger partial charge in [-0.3, -0.25) is 4.79 Å². The smallest absolute Gasteiger partial charge is 0.224 e. The van der Waals surface area contributed by atoms with Crippen molar-refractivity contribution in [3.63, 3.8) is 0 Å². The lowest BCUT2D eigenvalue weighted by Gasteiger charge is -2.08. The van der Waals surface area contributed by atoms with E-state index >= 15 is 0 Å². The number of anilines is 1. The first kappa shape index (κ1) is 13.2. The topological polar surface area (TPSA) is 73.1 Å². The molecular weight excluding hydrogens is 216 g/mol. The van der Waals surface area contributed by atoms with E-state index in [-0.39, 0.29) is 12.5 Å². The Morgan fingerprint density at radius 2 is 2.24 bits per heavy atom. The number of aryl methyl sites for hydroxylation is 1. The van der Waals surface area contributed by atoms with Crippen LogP contribution in [0, 0.1) is 18.3 Å². The lowest BCUT2D eigenvalue weighted by atomic mass is 10.1. The fourth-order valence-corrected chi connectivity index (χ4v) is 1.44. The van der Waals surface area contributed by atoms with Gasteiger partial charge in [0.05, 0.1) is 11.6 Å². The average Bonchev–Trinajstić information content (AvgIpc) is 2.32. The number of amides is 1. The molecule has 4 nitrogen and oxygen atoms in total. The minimum absolute atomic E-state index is 0.0864. The van der Waals surface area contributed by atoms with Gasteiger partial charge in [0.25, 0.3) is 0 Å². The van der Waals surface area contributed by atoms with Crippen molar-refractivity contribution in [2.45, 2.75) is 26.2 Å². The number of nitrogens with one attached hydrogen (secondary N) is 1. The predicted molar refractivity (Wildman–Crippen MR) is 65.5 cm³/mol. The van der Waals surface area contributed by atoms with Gasteiger partial charge in [-0.15, -0.1) is 0 Å². The van der Waals surface area contributed by atoms with E-state index in [9.17, 15) is 4.79 Å². The van der Waals surface area contributed by atoms with Crippen LogP contribution in [0.25, 0.3) is 0 Å². The second-order valence-electron chi connectivity index (χ2n) is 3.87. The van der Waals surface area contributed by atoms with Crippen LogP contribution in [0.5, 0.6) is 0 Å². The monoisotopic (exact) mass is 232 g/mol. The minimum Gasteiger partial charge on any atom is -0.396 e. The van der Waals surface area contributed by atoms with Gasteiger partial charge in [0.2, 0.25) is 5.91 Å². The summed E-state index contributed by atoms with van der Waals surface area (Å²) in [6, 6.07) is 7.23. The number of hydrogen-bond acceptors (Lipinski definition) is 3. The van der Waals surface area contributed by atoms with Crippen molar-refractivity contribution in [1.82, 2.24) is 0 Å². The molecule has 1 rings (SSSR count). The van der Waals surface area contributed by atoms with Crippen LogP contribution in [0.1, 0.15) is 30.4 Å². The number of carbonyl (C=O) groups excluding carboxylic acids is 1. The summed E-state index contributed by atoms with van der Waals surface area (Å²) >= 11 is 0. The second kappa shape index (κ2) is 6.66. The summed E-state index contributed by atoms with van der Waals surface area (Å²) < 4.78 is 0. The van der Waals surface area contributed by atoms with Crippen LogP contribution in [0.4, 0.5) is 5.69 Å². The fraction of sp³-hybridized carbons (Fsp3) is 0.385. The van der Waals surface area contributed by atoms with Crippen molar-refractivity contribution in [2.24, 2.45) is 0 Å². The van der Waals surface area contributed by atoms with Gasteiger partial charge in [0.15, 0.2) is 0 Å². The highest BCUT2D eigenvalue weighted by atomic mass is 16.2. The molecule has 17 heavy (non-hydrogen) atoms. The molecule has 0 spiro atoms. The average molecular weight is 232 g/mol. The summed E-state index contributed by atoms with van der Waals surface area (Å²) in [6.45, 7) is 1.99. The molecule has 0 fully saturated rings. The molecule has 1 aromatic carbocycles. The van der Waals surface area contributed by atoms with Crippen molar-refractivity contribution in [3.05, 3.63) is 29.3 Å². The van der Waals surface area contributed by atoms with E-state index < -0.39 is 0 Å². The molecule has 90 valence electrons. The summed E-state index contributed by atoms with van der Waals surface area (Å²) in [7, 11) is 0.